The van der Waals surface area contributed by atoms with E-state index < -0.39 is 6.09 Å². The molecule has 84 valence electrons. The fraction of sp³-hybridized carbons (Fsp3) is 0.909. The topological polar surface area (TPSA) is 75.3 Å². The third-order valence-electron chi connectivity index (χ3n) is 4.75. The van der Waals surface area contributed by atoms with Crippen LogP contribution in [0.1, 0.15) is 32.1 Å². The van der Waals surface area contributed by atoms with Gasteiger partial charge in [0.2, 0.25) is 0 Å². The van der Waals surface area contributed by atoms with Crippen LogP contribution in [0.2, 0.25) is 0 Å². The van der Waals surface area contributed by atoms with E-state index in [4.69, 9.17) is 10.8 Å². The molecule has 0 heterocycles. The SMILES string of the molecule is NC1C2CC3CC(C2)CC1(NC(=O)O)C3. The van der Waals surface area contributed by atoms with Gasteiger partial charge in [-0.2, -0.15) is 0 Å². The normalized spacial score (nSPS) is 51.8. The molecular weight excluding hydrogens is 192 g/mol. The largest absolute Gasteiger partial charge is 0.465 e. The molecule has 4 nitrogen and oxygen atoms in total. The lowest BCUT2D eigenvalue weighted by atomic mass is 9.51. The van der Waals surface area contributed by atoms with Crippen LogP contribution < -0.4 is 11.1 Å². The summed E-state index contributed by atoms with van der Waals surface area (Å²) in [6.45, 7) is 0. The molecule has 1 amide bonds. The number of carbonyl (C=O) groups is 1. The van der Waals surface area contributed by atoms with Gasteiger partial charge in [0.1, 0.15) is 0 Å². The number of amides is 1. The molecule has 4 saturated carbocycles. The molecule has 4 aliphatic rings. The summed E-state index contributed by atoms with van der Waals surface area (Å²) in [5.41, 5.74) is 5.93. The van der Waals surface area contributed by atoms with Gasteiger partial charge in [0.25, 0.3) is 0 Å². The molecule has 4 N–H and O–H groups in total. The lowest BCUT2D eigenvalue weighted by Crippen LogP contribution is -2.70. The first-order valence-corrected chi connectivity index (χ1v) is 5.86. The number of nitrogens with one attached hydrogen (secondary N) is 1. The maximum atomic E-state index is 10.9. The van der Waals surface area contributed by atoms with E-state index in [2.05, 4.69) is 5.32 Å². The molecule has 0 aromatic heterocycles. The molecule has 3 unspecified atom stereocenters. The minimum absolute atomic E-state index is 0.0430. The molecular formula is C11H18N2O2. The van der Waals surface area contributed by atoms with Gasteiger partial charge in [-0.1, -0.05) is 0 Å². The Bertz CT molecular complexity index is 291. The summed E-state index contributed by atoms with van der Waals surface area (Å²) in [6.07, 6.45) is 4.77. The number of hydrogen-bond acceptors (Lipinski definition) is 2. The van der Waals surface area contributed by atoms with E-state index in [9.17, 15) is 4.79 Å². The van der Waals surface area contributed by atoms with Crippen LogP contribution in [0.25, 0.3) is 0 Å². The number of rotatable bonds is 1. The van der Waals surface area contributed by atoms with E-state index in [1.807, 2.05) is 0 Å². The van der Waals surface area contributed by atoms with E-state index in [1.165, 1.54) is 19.3 Å². The monoisotopic (exact) mass is 210 g/mol. The maximum absolute atomic E-state index is 10.9. The van der Waals surface area contributed by atoms with Crippen molar-refractivity contribution < 1.29 is 9.90 Å². The van der Waals surface area contributed by atoms with Crippen LogP contribution in [0.15, 0.2) is 0 Å². The van der Waals surface area contributed by atoms with E-state index in [1.54, 1.807) is 0 Å². The minimum atomic E-state index is -0.910. The van der Waals surface area contributed by atoms with Gasteiger partial charge in [-0.25, -0.2) is 4.79 Å². The molecule has 0 saturated heterocycles. The van der Waals surface area contributed by atoms with Gasteiger partial charge >= 0.3 is 6.09 Å². The Kier molecular flexibility index (Phi) is 1.81. The van der Waals surface area contributed by atoms with Gasteiger partial charge in [-0.05, 0) is 49.9 Å². The minimum Gasteiger partial charge on any atom is -0.465 e. The Morgan fingerprint density at radius 2 is 1.87 bits per heavy atom. The number of hydrogen-bond donors (Lipinski definition) is 3. The van der Waals surface area contributed by atoms with Crippen LogP contribution in [-0.4, -0.2) is 22.8 Å². The molecule has 0 aliphatic heterocycles. The molecule has 15 heavy (non-hydrogen) atoms. The van der Waals surface area contributed by atoms with Crippen molar-refractivity contribution in [3.8, 4) is 0 Å². The predicted octanol–water partition coefficient (Wildman–Crippen LogP) is 1.16. The zero-order chi connectivity index (χ0) is 10.6. The molecule has 0 radical (unpaired) electrons. The lowest BCUT2D eigenvalue weighted by molar-refractivity contribution is -0.0351. The highest BCUT2D eigenvalue weighted by atomic mass is 16.4. The van der Waals surface area contributed by atoms with Crippen molar-refractivity contribution >= 4 is 6.09 Å². The molecule has 0 spiro atoms. The first-order valence-electron chi connectivity index (χ1n) is 5.86. The second kappa shape index (κ2) is 2.88. The highest BCUT2D eigenvalue weighted by Gasteiger charge is 2.56. The Balaban J connectivity index is 1.90. The van der Waals surface area contributed by atoms with Crippen molar-refractivity contribution in [3.05, 3.63) is 0 Å². The summed E-state index contributed by atoms with van der Waals surface area (Å²) in [6, 6.07) is 0.0430. The van der Waals surface area contributed by atoms with Gasteiger partial charge in [0.05, 0.1) is 5.54 Å². The van der Waals surface area contributed by atoms with Crippen LogP contribution >= 0.6 is 0 Å². The number of carboxylic acid groups (broad SMARTS) is 1. The van der Waals surface area contributed by atoms with E-state index in [0.29, 0.717) is 17.8 Å². The molecule has 0 aromatic carbocycles. The van der Waals surface area contributed by atoms with Gasteiger partial charge < -0.3 is 16.2 Å². The maximum Gasteiger partial charge on any atom is 0.405 e. The average Bonchev–Trinajstić information content (AvgIpc) is 2.11. The predicted molar refractivity (Wildman–Crippen MR) is 55.4 cm³/mol. The van der Waals surface area contributed by atoms with Gasteiger partial charge in [-0.15, -0.1) is 0 Å². The summed E-state index contributed by atoms with van der Waals surface area (Å²) in [7, 11) is 0. The standard InChI is InChI=1S/C11H18N2O2/c12-9-8-2-6-1-7(3-8)5-11(9,4-6)13-10(14)15/h6-9,13H,1-5,12H2,(H,14,15). The first-order chi connectivity index (χ1) is 7.09. The van der Waals surface area contributed by atoms with Gasteiger partial charge in [-0.3, -0.25) is 0 Å². The Morgan fingerprint density at radius 3 is 2.40 bits per heavy atom. The quantitative estimate of drug-likeness (QED) is 0.608. The average molecular weight is 210 g/mol. The van der Waals surface area contributed by atoms with Crippen LogP contribution in [0.5, 0.6) is 0 Å². The van der Waals surface area contributed by atoms with Gasteiger partial charge in [0, 0.05) is 6.04 Å². The second-order valence-electron chi connectivity index (χ2n) is 5.72. The Hall–Kier alpha value is -0.770. The van der Waals surface area contributed by atoms with Crippen LogP contribution in [-0.2, 0) is 0 Å². The smallest absolute Gasteiger partial charge is 0.405 e. The molecule has 4 bridgehead atoms. The van der Waals surface area contributed by atoms with Crippen LogP contribution in [0, 0.1) is 17.8 Å². The molecule has 4 aliphatic carbocycles. The van der Waals surface area contributed by atoms with Crippen LogP contribution in [0.4, 0.5) is 4.79 Å². The highest BCUT2D eigenvalue weighted by Crippen LogP contribution is 2.54. The Labute approximate surface area is 89.2 Å². The molecule has 4 heteroatoms. The zero-order valence-electron chi connectivity index (χ0n) is 8.78. The van der Waals surface area contributed by atoms with Crippen LogP contribution in [0.3, 0.4) is 0 Å². The summed E-state index contributed by atoms with van der Waals surface area (Å²) < 4.78 is 0. The highest BCUT2D eigenvalue weighted by molar-refractivity contribution is 5.66. The van der Waals surface area contributed by atoms with Crippen molar-refractivity contribution in [2.24, 2.45) is 23.5 Å². The number of nitrogens with two attached hydrogens (primary N) is 1. The van der Waals surface area contributed by atoms with Crippen molar-refractivity contribution in [2.45, 2.75) is 43.7 Å². The lowest BCUT2D eigenvalue weighted by Gasteiger charge is -2.59. The third-order valence-corrected chi connectivity index (χ3v) is 4.75. The van der Waals surface area contributed by atoms with Crippen molar-refractivity contribution in [1.29, 1.82) is 0 Å². The first kappa shape index (κ1) is 9.46. The summed E-state index contributed by atoms with van der Waals surface area (Å²) in [5.74, 6) is 1.99. The fourth-order valence-electron chi connectivity index (χ4n) is 4.48. The molecule has 0 aromatic rings. The van der Waals surface area contributed by atoms with Crippen molar-refractivity contribution in [2.75, 3.05) is 0 Å². The fourth-order valence-corrected chi connectivity index (χ4v) is 4.48. The summed E-state index contributed by atoms with van der Waals surface area (Å²) in [5, 5.41) is 11.7. The summed E-state index contributed by atoms with van der Waals surface area (Å²) >= 11 is 0. The van der Waals surface area contributed by atoms with E-state index in [-0.39, 0.29) is 11.6 Å². The molecule has 4 rings (SSSR count). The second-order valence-corrected chi connectivity index (χ2v) is 5.72. The Morgan fingerprint density at radius 1 is 1.27 bits per heavy atom. The van der Waals surface area contributed by atoms with Crippen molar-refractivity contribution in [3.63, 3.8) is 0 Å². The molecule has 3 atom stereocenters. The van der Waals surface area contributed by atoms with E-state index in [0.717, 1.165) is 12.8 Å². The third kappa shape index (κ3) is 1.27. The van der Waals surface area contributed by atoms with Gasteiger partial charge in [0.15, 0.2) is 0 Å². The zero-order valence-corrected chi connectivity index (χ0v) is 8.78. The summed E-state index contributed by atoms with van der Waals surface area (Å²) in [4.78, 5) is 10.9. The van der Waals surface area contributed by atoms with Crippen molar-refractivity contribution in [1.82, 2.24) is 5.32 Å². The van der Waals surface area contributed by atoms with E-state index >= 15 is 0 Å². The molecule has 4 fully saturated rings.